The largest absolute Gasteiger partial charge is 0.382 e. The third-order valence-electron chi connectivity index (χ3n) is 5.45. The molecule has 2 aromatic carbocycles. The first-order chi connectivity index (χ1) is 14.8. The molecule has 0 saturated heterocycles. The number of imidazole rings is 1. The highest BCUT2D eigenvalue weighted by Gasteiger charge is 2.29. The van der Waals surface area contributed by atoms with Crippen molar-refractivity contribution in [2.24, 2.45) is 0 Å². The Morgan fingerprint density at radius 2 is 1.77 bits per heavy atom. The third-order valence-corrected chi connectivity index (χ3v) is 6.11. The van der Waals surface area contributed by atoms with Gasteiger partial charge in [-0.3, -0.25) is 0 Å². The molecule has 0 spiro atoms. The summed E-state index contributed by atoms with van der Waals surface area (Å²) in [4.78, 5) is 13.4. The van der Waals surface area contributed by atoms with Crippen molar-refractivity contribution in [1.29, 1.82) is 0 Å². The van der Waals surface area contributed by atoms with Crippen molar-refractivity contribution in [2.45, 2.75) is 32.1 Å². The first-order valence-corrected chi connectivity index (χ1v) is 10.7. The minimum atomic E-state index is -1.09. The highest BCUT2D eigenvalue weighted by atomic mass is 35.5. The van der Waals surface area contributed by atoms with Gasteiger partial charge in [0.15, 0.2) is 5.82 Å². The molecular weight excluding hydrogens is 435 g/mol. The maximum Gasteiger partial charge on any atom is 0.159 e. The van der Waals surface area contributed by atoms with Crippen LogP contribution in [0.15, 0.2) is 48.8 Å². The second-order valence-electron chi connectivity index (χ2n) is 8.12. The number of halogens is 2. The molecule has 2 aromatic heterocycles. The quantitative estimate of drug-likeness (QED) is 0.463. The van der Waals surface area contributed by atoms with E-state index >= 15 is 0 Å². The van der Waals surface area contributed by atoms with Crippen LogP contribution in [0.25, 0.3) is 22.2 Å². The Kier molecular flexibility index (Phi) is 4.98. The lowest BCUT2D eigenvalue weighted by Crippen LogP contribution is -2.25. The zero-order chi connectivity index (χ0) is 21.8. The molecule has 0 saturated carbocycles. The fraction of sp³-hybridized carbons (Fsp3) is 0.261. The molecule has 0 aliphatic carbocycles. The van der Waals surface area contributed by atoms with E-state index in [9.17, 15) is 5.11 Å². The maximum atomic E-state index is 10.1. The molecule has 4 aromatic rings. The van der Waals surface area contributed by atoms with Crippen molar-refractivity contribution in [3.8, 4) is 11.1 Å². The van der Waals surface area contributed by atoms with Gasteiger partial charge in [-0.15, -0.1) is 0 Å². The zero-order valence-electron chi connectivity index (χ0n) is 17.0. The summed E-state index contributed by atoms with van der Waals surface area (Å²) in [5.41, 5.74) is 3.37. The zero-order valence-corrected chi connectivity index (χ0v) is 18.5. The van der Waals surface area contributed by atoms with Crippen molar-refractivity contribution in [3.63, 3.8) is 0 Å². The number of nitrogens with zero attached hydrogens (tertiary/aromatic N) is 4. The molecule has 0 bridgehead atoms. The van der Waals surface area contributed by atoms with E-state index < -0.39 is 5.60 Å². The topological polar surface area (TPSA) is 73.1 Å². The number of hydrogen-bond acceptors (Lipinski definition) is 5. The number of rotatable bonds is 3. The fourth-order valence-corrected chi connectivity index (χ4v) is 4.59. The highest BCUT2D eigenvalue weighted by Crippen LogP contribution is 2.38. The van der Waals surface area contributed by atoms with Crippen molar-refractivity contribution in [3.05, 3.63) is 76.0 Å². The molecule has 31 heavy (non-hydrogen) atoms. The summed E-state index contributed by atoms with van der Waals surface area (Å²) in [6.07, 6.45) is 3.45. The Morgan fingerprint density at radius 1 is 1.06 bits per heavy atom. The Labute approximate surface area is 189 Å². The van der Waals surface area contributed by atoms with Gasteiger partial charge >= 0.3 is 0 Å². The molecule has 158 valence electrons. The van der Waals surface area contributed by atoms with Gasteiger partial charge in [0.05, 0.1) is 23.7 Å². The van der Waals surface area contributed by atoms with Gasteiger partial charge in [0, 0.05) is 33.6 Å². The number of aliphatic hydroxyl groups is 1. The van der Waals surface area contributed by atoms with E-state index in [4.69, 9.17) is 32.9 Å². The third kappa shape index (κ3) is 3.59. The summed E-state index contributed by atoms with van der Waals surface area (Å²) < 4.78 is 7.97. The molecule has 0 fully saturated rings. The predicted molar refractivity (Wildman–Crippen MR) is 120 cm³/mol. The van der Waals surface area contributed by atoms with Crippen molar-refractivity contribution in [2.75, 3.05) is 6.61 Å². The molecule has 1 atom stereocenters. The summed E-state index contributed by atoms with van der Waals surface area (Å²) in [5, 5.41) is 11.3. The van der Waals surface area contributed by atoms with Crippen molar-refractivity contribution >= 4 is 34.2 Å². The van der Waals surface area contributed by atoms with Crippen LogP contribution in [0.2, 0.25) is 10.0 Å². The van der Waals surface area contributed by atoms with Gasteiger partial charge in [-0.25, -0.2) is 15.0 Å². The van der Waals surface area contributed by atoms with Crippen LogP contribution in [0.5, 0.6) is 0 Å². The number of aromatic nitrogens is 4. The predicted octanol–water partition coefficient (Wildman–Crippen LogP) is 5.15. The van der Waals surface area contributed by atoms with E-state index in [1.807, 2.05) is 30.3 Å². The lowest BCUT2D eigenvalue weighted by Gasteiger charge is -2.28. The van der Waals surface area contributed by atoms with E-state index in [0.29, 0.717) is 29.1 Å². The van der Waals surface area contributed by atoms with Crippen LogP contribution in [0.1, 0.15) is 37.1 Å². The van der Waals surface area contributed by atoms with E-state index in [1.54, 1.807) is 26.2 Å². The van der Waals surface area contributed by atoms with Gasteiger partial charge in [-0.05, 0) is 43.7 Å². The molecule has 1 aliphatic heterocycles. The van der Waals surface area contributed by atoms with Gasteiger partial charge in [-0.2, -0.15) is 0 Å². The lowest BCUT2D eigenvalue weighted by atomic mass is 10.0. The Morgan fingerprint density at radius 3 is 2.45 bits per heavy atom. The molecule has 8 heteroatoms. The van der Waals surface area contributed by atoms with Crippen LogP contribution in [0.3, 0.4) is 0 Å². The number of benzene rings is 2. The van der Waals surface area contributed by atoms with Gasteiger partial charge in [0.1, 0.15) is 18.0 Å². The van der Waals surface area contributed by atoms with Gasteiger partial charge in [0.25, 0.3) is 0 Å². The van der Waals surface area contributed by atoms with Crippen LogP contribution >= 0.6 is 23.2 Å². The Hall–Kier alpha value is -2.51. The van der Waals surface area contributed by atoms with Crippen molar-refractivity contribution in [1.82, 2.24) is 19.5 Å². The molecule has 1 unspecified atom stereocenters. The van der Waals surface area contributed by atoms with E-state index in [0.717, 1.165) is 33.5 Å². The van der Waals surface area contributed by atoms with Gasteiger partial charge in [-0.1, -0.05) is 35.3 Å². The van der Waals surface area contributed by atoms with E-state index in [2.05, 4.69) is 20.6 Å². The molecule has 0 radical (unpaired) electrons. The summed E-state index contributed by atoms with van der Waals surface area (Å²) in [7, 11) is 0. The first-order valence-electron chi connectivity index (χ1n) is 9.91. The minimum absolute atomic E-state index is 0.181. The smallest absolute Gasteiger partial charge is 0.159 e. The second-order valence-corrected chi connectivity index (χ2v) is 8.94. The maximum absolute atomic E-state index is 10.1. The van der Waals surface area contributed by atoms with Crippen LogP contribution in [-0.4, -0.2) is 31.2 Å². The molecule has 1 aliphatic rings. The van der Waals surface area contributed by atoms with Gasteiger partial charge in [0.2, 0.25) is 0 Å². The molecule has 3 heterocycles. The molecular formula is C23H20Cl2N4O2. The Balaban J connectivity index is 1.64. The van der Waals surface area contributed by atoms with Crippen LogP contribution < -0.4 is 0 Å². The summed E-state index contributed by atoms with van der Waals surface area (Å²) in [6.45, 7) is 4.20. The van der Waals surface area contributed by atoms with Gasteiger partial charge < -0.3 is 14.4 Å². The average Bonchev–Trinajstić information content (AvgIpc) is 3.11. The monoisotopic (exact) mass is 454 g/mol. The molecule has 0 amide bonds. The lowest BCUT2D eigenvalue weighted by molar-refractivity contribution is 0.0680. The fourth-order valence-electron chi connectivity index (χ4n) is 3.94. The SMILES string of the molecule is CC(C)(O)c1ncc(-c2ccc3nc4n(c3c2)C(c2c(Cl)cccc2Cl)COC4)cn1. The second kappa shape index (κ2) is 7.57. The summed E-state index contributed by atoms with van der Waals surface area (Å²) >= 11 is 13.0. The number of fused-ring (bicyclic) bond motifs is 3. The van der Waals surface area contributed by atoms with E-state index in [-0.39, 0.29) is 6.04 Å². The van der Waals surface area contributed by atoms with E-state index in [1.165, 1.54) is 0 Å². The molecule has 6 nitrogen and oxygen atoms in total. The Bertz CT molecular complexity index is 1260. The highest BCUT2D eigenvalue weighted by molar-refractivity contribution is 6.36. The normalized spacial score (nSPS) is 16.5. The number of hydrogen-bond donors (Lipinski definition) is 1. The summed E-state index contributed by atoms with van der Waals surface area (Å²) in [5.74, 6) is 1.21. The van der Waals surface area contributed by atoms with Crippen LogP contribution in [0, 0.1) is 0 Å². The van der Waals surface area contributed by atoms with Crippen molar-refractivity contribution < 1.29 is 9.84 Å². The van der Waals surface area contributed by atoms with Crippen LogP contribution in [0.4, 0.5) is 0 Å². The molecule has 1 N–H and O–H groups in total. The van der Waals surface area contributed by atoms with Crippen LogP contribution in [-0.2, 0) is 16.9 Å². The number of ether oxygens (including phenoxy) is 1. The summed E-state index contributed by atoms with van der Waals surface area (Å²) in [6, 6.07) is 11.4. The average molecular weight is 455 g/mol. The first kappa shape index (κ1) is 20.4. The standard InChI is InChI=1S/C23H20Cl2N4O2/c1-23(2,30)22-26-9-14(10-27-22)13-6-7-17-18(8-13)29-19(11-31-12-20(29)28-17)21-15(24)4-3-5-16(21)25/h3-10,19,30H,11-12H2,1-2H3. The minimum Gasteiger partial charge on any atom is -0.382 e. The molecule has 5 rings (SSSR count).